The smallest absolute Gasteiger partial charge is 0.274 e. The number of aryl methyl sites for hydroxylation is 1. The molecule has 0 bridgehead atoms. The minimum Gasteiger partial charge on any atom is -0.368 e. The number of piperazine rings is 1. The number of nitriles is 1. The first kappa shape index (κ1) is 17.8. The average molecular weight is 371 g/mol. The van der Waals surface area contributed by atoms with Crippen LogP contribution in [0.15, 0.2) is 61.1 Å². The molecule has 2 aromatic carbocycles. The van der Waals surface area contributed by atoms with Crippen molar-refractivity contribution in [3.8, 4) is 11.8 Å². The Labute approximate surface area is 164 Å². The molecule has 0 unspecified atom stereocenters. The molecular weight excluding hydrogens is 350 g/mol. The third kappa shape index (κ3) is 3.60. The van der Waals surface area contributed by atoms with Crippen molar-refractivity contribution in [1.29, 1.82) is 5.26 Å². The van der Waals surface area contributed by atoms with Crippen LogP contribution >= 0.6 is 0 Å². The van der Waals surface area contributed by atoms with Crippen LogP contribution in [-0.4, -0.2) is 46.5 Å². The molecule has 0 aliphatic carbocycles. The maximum Gasteiger partial charge on any atom is 0.274 e. The van der Waals surface area contributed by atoms with Crippen molar-refractivity contribution in [3.63, 3.8) is 0 Å². The van der Waals surface area contributed by atoms with E-state index in [4.69, 9.17) is 5.26 Å². The fourth-order valence-electron chi connectivity index (χ4n) is 3.44. The van der Waals surface area contributed by atoms with Crippen LogP contribution < -0.4 is 4.90 Å². The van der Waals surface area contributed by atoms with Gasteiger partial charge in [0.25, 0.3) is 5.91 Å². The van der Waals surface area contributed by atoms with E-state index in [1.165, 1.54) is 11.3 Å². The predicted molar refractivity (Wildman–Crippen MR) is 108 cm³/mol. The van der Waals surface area contributed by atoms with Crippen LogP contribution in [-0.2, 0) is 0 Å². The lowest BCUT2D eigenvalue weighted by Gasteiger charge is -2.36. The van der Waals surface area contributed by atoms with E-state index in [1.807, 2.05) is 17.0 Å². The van der Waals surface area contributed by atoms with Crippen molar-refractivity contribution in [2.45, 2.75) is 6.92 Å². The Morgan fingerprint density at radius 3 is 2.46 bits per heavy atom. The van der Waals surface area contributed by atoms with Crippen LogP contribution in [0.1, 0.15) is 21.6 Å². The van der Waals surface area contributed by atoms with E-state index in [-0.39, 0.29) is 5.91 Å². The summed E-state index contributed by atoms with van der Waals surface area (Å²) in [6.07, 6.45) is 3.38. The predicted octanol–water partition coefficient (Wildman–Crippen LogP) is 3.01. The highest BCUT2D eigenvalue weighted by atomic mass is 16.2. The van der Waals surface area contributed by atoms with Gasteiger partial charge in [0.05, 0.1) is 11.6 Å². The van der Waals surface area contributed by atoms with Gasteiger partial charge in [0, 0.05) is 43.8 Å². The van der Waals surface area contributed by atoms with Crippen molar-refractivity contribution in [2.24, 2.45) is 0 Å². The second-order valence-corrected chi connectivity index (χ2v) is 6.94. The second kappa shape index (κ2) is 7.57. The van der Waals surface area contributed by atoms with Crippen molar-refractivity contribution in [2.75, 3.05) is 31.1 Å². The monoisotopic (exact) mass is 371 g/mol. The maximum absolute atomic E-state index is 12.8. The number of benzene rings is 2. The Morgan fingerprint density at radius 2 is 1.79 bits per heavy atom. The molecule has 28 heavy (non-hydrogen) atoms. The summed E-state index contributed by atoms with van der Waals surface area (Å²) in [5, 5.41) is 8.90. The number of carbonyl (C=O) groups excluding carboxylic acids is 1. The van der Waals surface area contributed by atoms with E-state index in [9.17, 15) is 4.79 Å². The molecule has 0 spiro atoms. The zero-order chi connectivity index (χ0) is 19.5. The van der Waals surface area contributed by atoms with Crippen molar-refractivity contribution < 1.29 is 4.79 Å². The quantitative estimate of drug-likeness (QED) is 0.710. The third-order valence-electron chi connectivity index (χ3n) is 5.03. The summed E-state index contributed by atoms with van der Waals surface area (Å²) in [7, 11) is 0. The van der Waals surface area contributed by atoms with Gasteiger partial charge in [0.1, 0.15) is 12.0 Å². The Balaban J connectivity index is 1.42. The summed E-state index contributed by atoms with van der Waals surface area (Å²) >= 11 is 0. The lowest BCUT2D eigenvalue weighted by Crippen LogP contribution is -2.48. The van der Waals surface area contributed by atoms with Gasteiger partial charge in [-0.2, -0.15) is 5.26 Å². The van der Waals surface area contributed by atoms with E-state index in [2.05, 4.69) is 47.1 Å². The van der Waals surface area contributed by atoms with Gasteiger partial charge >= 0.3 is 0 Å². The number of rotatable bonds is 3. The number of nitrogens with zero attached hydrogens (tertiary/aromatic N) is 5. The zero-order valence-electron chi connectivity index (χ0n) is 15.7. The molecule has 1 fully saturated rings. The third-order valence-corrected chi connectivity index (χ3v) is 5.03. The summed E-state index contributed by atoms with van der Waals surface area (Å²) in [5.41, 5.74) is 4.36. The highest BCUT2D eigenvalue weighted by Gasteiger charge is 2.24. The van der Waals surface area contributed by atoms with Crippen molar-refractivity contribution in [1.82, 2.24) is 14.5 Å². The molecule has 0 atom stereocenters. The molecule has 3 aromatic rings. The average Bonchev–Trinajstić information content (AvgIpc) is 3.24. The van der Waals surface area contributed by atoms with Gasteiger partial charge in [0.2, 0.25) is 0 Å². The number of anilines is 1. The molecule has 1 saturated heterocycles. The van der Waals surface area contributed by atoms with Gasteiger partial charge in [-0.3, -0.25) is 4.79 Å². The van der Waals surface area contributed by atoms with Crippen LogP contribution in [0.2, 0.25) is 0 Å². The first-order valence-electron chi connectivity index (χ1n) is 9.29. The molecule has 6 heteroatoms. The molecule has 6 nitrogen and oxygen atoms in total. The second-order valence-electron chi connectivity index (χ2n) is 6.94. The molecular formula is C22H21N5O. The Kier molecular flexibility index (Phi) is 4.81. The molecule has 0 saturated carbocycles. The van der Waals surface area contributed by atoms with Crippen LogP contribution in [0.25, 0.3) is 5.69 Å². The molecule has 1 aliphatic heterocycles. The molecule has 1 aliphatic rings. The van der Waals surface area contributed by atoms with E-state index in [0.29, 0.717) is 24.3 Å². The molecule has 1 aromatic heterocycles. The standard InChI is InChI=1S/C22H21N5O/c1-17-3-2-4-20(13-17)25-9-11-26(12-10-25)22(28)21-15-27(16-24-21)19-7-5-18(14-23)6-8-19/h2-8,13,15-16H,9-12H2,1H3. The lowest BCUT2D eigenvalue weighted by molar-refractivity contribution is 0.0741. The van der Waals surface area contributed by atoms with E-state index in [1.54, 1.807) is 29.2 Å². The first-order valence-corrected chi connectivity index (χ1v) is 9.29. The zero-order valence-corrected chi connectivity index (χ0v) is 15.7. The van der Waals surface area contributed by atoms with Gasteiger partial charge in [-0.1, -0.05) is 12.1 Å². The van der Waals surface area contributed by atoms with Crippen LogP contribution in [0.5, 0.6) is 0 Å². The highest BCUT2D eigenvalue weighted by molar-refractivity contribution is 5.92. The van der Waals surface area contributed by atoms with Crippen LogP contribution in [0.3, 0.4) is 0 Å². The number of amides is 1. The molecule has 0 radical (unpaired) electrons. The fraction of sp³-hybridized carbons (Fsp3) is 0.227. The fourth-order valence-corrected chi connectivity index (χ4v) is 3.44. The summed E-state index contributed by atoms with van der Waals surface area (Å²) in [6, 6.07) is 17.7. The molecule has 0 N–H and O–H groups in total. The first-order chi connectivity index (χ1) is 13.6. The normalized spacial score (nSPS) is 14.0. The number of carbonyl (C=O) groups is 1. The Morgan fingerprint density at radius 1 is 1.04 bits per heavy atom. The van der Waals surface area contributed by atoms with Crippen molar-refractivity contribution in [3.05, 3.63) is 77.9 Å². The minimum absolute atomic E-state index is 0.0451. The van der Waals surface area contributed by atoms with Gasteiger partial charge in [-0.15, -0.1) is 0 Å². The van der Waals surface area contributed by atoms with E-state index < -0.39 is 0 Å². The summed E-state index contributed by atoms with van der Waals surface area (Å²) in [4.78, 5) is 21.3. The topological polar surface area (TPSA) is 65.2 Å². The Hall–Kier alpha value is -3.59. The van der Waals surface area contributed by atoms with Crippen molar-refractivity contribution >= 4 is 11.6 Å². The van der Waals surface area contributed by atoms with Gasteiger partial charge in [-0.05, 0) is 48.9 Å². The summed E-state index contributed by atoms with van der Waals surface area (Å²) in [6.45, 7) is 5.07. The molecule has 4 rings (SSSR count). The number of hydrogen-bond acceptors (Lipinski definition) is 4. The number of imidazole rings is 1. The SMILES string of the molecule is Cc1cccc(N2CCN(C(=O)c3cn(-c4ccc(C#N)cc4)cn3)CC2)c1. The molecule has 1 amide bonds. The van der Waals surface area contributed by atoms with E-state index >= 15 is 0 Å². The van der Waals surface area contributed by atoms with Crippen LogP contribution in [0, 0.1) is 18.3 Å². The highest BCUT2D eigenvalue weighted by Crippen LogP contribution is 2.19. The van der Waals surface area contributed by atoms with E-state index in [0.717, 1.165) is 18.8 Å². The maximum atomic E-state index is 12.8. The molecule has 140 valence electrons. The summed E-state index contributed by atoms with van der Waals surface area (Å²) in [5.74, 6) is -0.0451. The largest absolute Gasteiger partial charge is 0.368 e. The number of aromatic nitrogens is 2. The number of hydrogen-bond donors (Lipinski definition) is 0. The van der Waals surface area contributed by atoms with Crippen LogP contribution in [0.4, 0.5) is 5.69 Å². The van der Waals surface area contributed by atoms with Gasteiger partial charge in [0.15, 0.2) is 0 Å². The Bertz CT molecular complexity index is 1020. The molecule has 2 heterocycles. The lowest BCUT2D eigenvalue weighted by atomic mass is 10.2. The summed E-state index contributed by atoms with van der Waals surface area (Å²) < 4.78 is 1.80. The van der Waals surface area contributed by atoms with Gasteiger partial charge < -0.3 is 14.4 Å². The van der Waals surface area contributed by atoms with Gasteiger partial charge in [-0.25, -0.2) is 4.98 Å². The minimum atomic E-state index is -0.0451.